The molecule has 0 saturated carbocycles. The highest BCUT2D eigenvalue weighted by Crippen LogP contribution is 2.42. The molecule has 1 N–H and O–H groups in total. The highest BCUT2D eigenvalue weighted by Gasteiger charge is 2.39. The number of para-hydroxylation sites is 1. The van der Waals surface area contributed by atoms with E-state index in [1.54, 1.807) is 0 Å². The number of rotatable bonds is 6. The summed E-state index contributed by atoms with van der Waals surface area (Å²) in [5, 5.41) is 2.54. The van der Waals surface area contributed by atoms with Crippen molar-refractivity contribution in [3.63, 3.8) is 0 Å². The molecule has 4 nitrogen and oxygen atoms in total. The summed E-state index contributed by atoms with van der Waals surface area (Å²) in [6.45, 7) is 6.90. The van der Waals surface area contributed by atoms with Crippen LogP contribution in [0.5, 0.6) is 0 Å². The third-order valence-corrected chi connectivity index (χ3v) is 7.43. The Bertz CT molecular complexity index is 1130. The van der Waals surface area contributed by atoms with E-state index in [1.165, 1.54) is 17.3 Å². The highest BCUT2D eigenvalue weighted by molar-refractivity contribution is 8.01. The van der Waals surface area contributed by atoms with Gasteiger partial charge in [-0.1, -0.05) is 73.2 Å². The van der Waals surface area contributed by atoms with Crippen LogP contribution in [0.4, 0.5) is 5.69 Å². The molecule has 1 aliphatic heterocycles. The summed E-state index contributed by atoms with van der Waals surface area (Å²) in [5.41, 5.74) is 5.40. The quantitative estimate of drug-likeness (QED) is 0.564. The molecule has 0 spiro atoms. The fourth-order valence-corrected chi connectivity index (χ4v) is 5.16. The number of nitrogens with one attached hydrogen (secondary N) is 1. The number of hydrogen-bond acceptors (Lipinski definition) is 3. The Balaban J connectivity index is 1.53. The lowest BCUT2D eigenvalue weighted by Crippen LogP contribution is -2.47. The predicted molar refractivity (Wildman–Crippen MR) is 131 cm³/mol. The number of aryl methyl sites for hydroxylation is 2. The average molecular weight is 445 g/mol. The summed E-state index contributed by atoms with van der Waals surface area (Å²) in [6, 6.07) is 24.2. The minimum atomic E-state index is -0.466. The van der Waals surface area contributed by atoms with E-state index in [4.69, 9.17) is 0 Å². The molecule has 0 saturated heterocycles. The Kier molecular flexibility index (Phi) is 6.66. The molecule has 0 unspecified atom stereocenters. The first-order chi connectivity index (χ1) is 15.4. The van der Waals surface area contributed by atoms with Gasteiger partial charge < -0.3 is 10.2 Å². The van der Waals surface area contributed by atoms with Crippen LogP contribution in [0, 0.1) is 19.8 Å². The number of thioether (sulfide) groups is 1. The molecular formula is C27H28N2O2S. The van der Waals surface area contributed by atoms with Crippen molar-refractivity contribution >= 4 is 29.3 Å². The number of hydrogen-bond donors (Lipinski definition) is 1. The van der Waals surface area contributed by atoms with Gasteiger partial charge in [-0.2, -0.15) is 0 Å². The van der Waals surface area contributed by atoms with Crippen LogP contribution in [-0.4, -0.2) is 17.1 Å². The molecule has 5 heteroatoms. The monoisotopic (exact) mass is 444 g/mol. The maximum atomic E-state index is 13.6. The van der Waals surface area contributed by atoms with E-state index < -0.39 is 11.2 Å². The maximum Gasteiger partial charge on any atom is 0.241 e. The van der Waals surface area contributed by atoms with Gasteiger partial charge in [0, 0.05) is 11.4 Å². The second-order valence-corrected chi connectivity index (χ2v) is 9.53. The fraction of sp³-hybridized carbons (Fsp3) is 0.259. The fourth-order valence-electron chi connectivity index (χ4n) is 3.87. The summed E-state index contributed by atoms with van der Waals surface area (Å²) in [7, 11) is 0. The van der Waals surface area contributed by atoms with E-state index >= 15 is 0 Å². The second-order valence-electron chi connectivity index (χ2n) is 8.35. The molecule has 0 radical (unpaired) electrons. The van der Waals surface area contributed by atoms with Gasteiger partial charge in [0.05, 0.1) is 18.2 Å². The minimum Gasteiger partial charge on any atom is -0.352 e. The van der Waals surface area contributed by atoms with Crippen LogP contribution < -0.4 is 10.2 Å². The van der Waals surface area contributed by atoms with Crippen molar-refractivity contribution in [2.45, 2.75) is 44.0 Å². The number of nitrogens with zero attached hydrogens (tertiary/aromatic N) is 1. The molecule has 164 valence electrons. The Morgan fingerprint density at radius 1 is 1.00 bits per heavy atom. The maximum absolute atomic E-state index is 13.6. The topological polar surface area (TPSA) is 49.4 Å². The third-order valence-electron chi connectivity index (χ3n) is 5.96. The molecule has 0 bridgehead atoms. The number of carbonyl (C=O) groups is 2. The highest BCUT2D eigenvalue weighted by atomic mass is 32.2. The van der Waals surface area contributed by atoms with Gasteiger partial charge in [0.2, 0.25) is 11.8 Å². The smallest absolute Gasteiger partial charge is 0.241 e. The zero-order chi connectivity index (χ0) is 22.7. The zero-order valence-electron chi connectivity index (χ0n) is 18.7. The van der Waals surface area contributed by atoms with Crippen LogP contribution in [0.2, 0.25) is 0 Å². The van der Waals surface area contributed by atoms with Crippen LogP contribution >= 0.6 is 11.8 Å². The van der Waals surface area contributed by atoms with Gasteiger partial charge in [-0.15, -0.1) is 11.8 Å². The first-order valence-electron chi connectivity index (χ1n) is 10.9. The first-order valence-corrected chi connectivity index (χ1v) is 11.8. The third kappa shape index (κ3) is 4.73. The van der Waals surface area contributed by atoms with Crippen LogP contribution in [0.15, 0.2) is 77.7 Å². The summed E-state index contributed by atoms with van der Waals surface area (Å²) in [4.78, 5) is 29.4. The van der Waals surface area contributed by atoms with E-state index in [2.05, 4.69) is 24.4 Å². The number of fused-ring (bicyclic) bond motifs is 1. The van der Waals surface area contributed by atoms with Gasteiger partial charge >= 0.3 is 0 Å². The van der Waals surface area contributed by atoms with Crippen molar-refractivity contribution in [3.05, 3.63) is 95.1 Å². The molecule has 1 heterocycles. The largest absolute Gasteiger partial charge is 0.352 e. The lowest BCUT2D eigenvalue weighted by atomic mass is 10.0. The number of carbonyl (C=O) groups excluding carboxylic acids is 2. The van der Waals surface area contributed by atoms with Crippen molar-refractivity contribution in [2.24, 2.45) is 5.92 Å². The van der Waals surface area contributed by atoms with Crippen molar-refractivity contribution < 1.29 is 9.59 Å². The van der Waals surface area contributed by atoms with Gasteiger partial charge in [0.1, 0.15) is 5.25 Å². The number of amides is 2. The average Bonchev–Trinajstić information content (AvgIpc) is 2.81. The lowest BCUT2D eigenvalue weighted by molar-refractivity contribution is -0.128. The first kappa shape index (κ1) is 22.2. The van der Waals surface area contributed by atoms with Crippen molar-refractivity contribution in [3.8, 4) is 0 Å². The molecule has 4 rings (SSSR count). The molecule has 0 fully saturated rings. The van der Waals surface area contributed by atoms with Gasteiger partial charge in [-0.3, -0.25) is 9.59 Å². The van der Waals surface area contributed by atoms with Crippen LogP contribution in [0.1, 0.15) is 29.2 Å². The summed E-state index contributed by atoms with van der Waals surface area (Å²) in [5.74, 6) is -0.577. The van der Waals surface area contributed by atoms with E-state index in [0.29, 0.717) is 13.1 Å². The van der Waals surface area contributed by atoms with Gasteiger partial charge in [-0.05, 0) is 42.7 Å². The Labute approximate surface area is 194 Å². The molecule has 3 aromatic rings. The Morgan fingerprint density at radius 2 is 1.69 bits per heavy atom. The predicted octanol–water partition coefficient (Wildman–Crippen LogP) is 5.26. The Hall–Kier alpha value is -3.05. The Morgan fingerprint density at radius 3 is 2.44 bits per heavy atom. The SMILES string of the molecule is Cc1ccc(CNC(=O)[C@H](C)[C@@H]2Sc3ccccc3N(Cc3ccccc3C)C2=O)cc1. The lowest BCUT2D eigenvalue weighted by Gasteiger charge is -2.36. The summed E-state index contributed by atoms with van der Waals surface area (Å²) in [6.07, 6.45) is 0. The number of benzene rings is 3. The van der Waals surface area contributed by atoms with Crippen molar-refractivity contribution in [2.75, 3.05) is 4.90 Å². The molecule has 2 atom stereocenters. The van der Waals surface area contributed by atoms with Gasteiger partial charge in [0.15, 0.2) is 0 Å². The van der Waals surface area contributed by atoms with E-state index in [-0.39, 0.29) is 11.8 Å². The van der Waals surface area contributed by atoms with E-state index in [1.807, 2.05) is 79.4 Å². The second kappa shape index (κ2) is 9.61. The van der Waals surface area contributed by atoms with Crippen LogP contribution in [-0.2, 0) is 22.7 Å². The molecule has 2 amide bonds. The zero-order valence-corrected chi connectivity index (χ0v) is 19.5. The van der Waals surface area contributed by atoms with Crippen LogP contribution in [0.3, 0.4) is 0 Å². The number of anilines is 1. The molecule has 32 heavy (non-hydrogen) atoms. The van der Waals surface area contributed by atoms with Gasteiger partial charge in [-0.25, -0.2) is 0 Å². The summed E-state index contributed by atoms with van der Waals surface area (Å²) >= 11 is 1.49. The van der Waals surface area contributed by atoms with Crippen LogP contribution in [0.25, 0.3) is 0 Å². The minimum absolute atomic E-state index is 0.0186. The molecule has 3 aromatic carbocycles. The van der Waals surface area contributed by atoms with E-state index in [9.17, 15) is 9.59 Å². The normalized spacial score (nSPS) is 16.4. The summed E-state index contributed by atoms with van der Waals surface area (Å²) < 4.78 is 0. The van der Waals surface area contributed by atoms with Crippen molar-refractivity contribution in [1.29, 1.82) is 0 Å². The van der Waals surface area contributed by atoms with Crippen molar-refractivity contribution in [1.82, 2.24) is 5.32 Å². The van der Waals surface area contributed by atoms with Gasteiger partial charge in [0.25, 0.3) is 0 Å². The molecule has 0 aliphatic carbocycles. The molecule has 1 aliphatic rings. The molecule has 0 aromatic heterocycles. The van der Waals surface area contributed by atoms with E-state index in [0.717, 1.165) is 27.3 Å². The standard InChI is InChI=1S/C27H28N2O2S/c1-18-12-14-21(15-13-18)16-28-26(30)20(3)25-27(31)29(17-22-9-5-4-8-19(22)2)23-10-6-7-11-24(23)32-25/h4-15,20,25H,16-17H2,1-3H3,(H,28,30)/t20-,25+/m1/s1. The molecular weight excluding hydrogens is 416 g/mol.